The highest BCUT2D eigenvalue weighted by molar-refractivity contribution is 7.89. The van der Waals surface area contributed by atoms with Gasteiger partial charge in [-0.3, -0.25) is 4.90 Å². The maximum Gasteiger partial charge on any atom is 0.231 e. The number of piperazine rings is 1. The van der Waals surface area contributed by atoms with Crippen molar-refractivity contribution in [3.63, 3.8) is 0 Å². The highest BCUT2D eigenvalue weighted by Crippen LogP contribution is 2.33. The second-order valence-electron chi connectivity index (χ2n) is 6.81. The lowest BCUT2D eigenvalue weighted by molar-refractivity contribution is 0.173. The Morgan fingerprint density at radius 1 is 1.00 bits per heavy atom. The summed E-state index contributed by atoms with van der Waals surface area (Å²) < 4.78 is 37.8. The first-order valence-corrected chi connectivity index (χ1v) is 10.2. The number of ether oxygens (including phenoxy) is 2. The molecule has 0 aromatic heterocycles. The summed E-state index contributed by atoms with van der Waals surface area (Å²) in [5.74, 6) is 1.60. The predicted octanol–water partition coefficient (Wildman–Crippen LogP) is 1.81. The van der Waals surface area contributed by atoms with Gasteiger partial charge in [0, 0.05) is 32.7 Å². The van der Waals surface area contributed by atoms with Gasteiger partial charge in [0.05, 0.1) is 5.25 Å². The largest absolute Gasteiger partial charge is 0.454 e. The number of hydrogen-bond acceptors (Lipinski definition) is 5. The van der Waals surface area contributed by atoms with Crippen molar-refractivity contribution in [3.05, 3.63) is 23.8 Å². The van der Waals surface area contributed by atoms with Crippen LogP contribution in [0.2, 0.25) is 0 Å². The molecule has 0 N–H and O–H groups in total. The minimum atomic E-state index is -3.10. The van der Waals surface area contributed by atoms with Crippen molar-refractivity contribution in [1.82, 2.24) is 9.21 Å². The molecule has 0 radical (unpaired) electrons. The maximum absolute atomic E-state index is 12.7. The van der Waals surface area contributed by atoms with Crippen LogP contribution in [0.5, 0.6) is 11.5 Å². The minimum Gasteiger partial charge on any atom is -0.454 e. The van der Waals surface area contributed by atoms with E-state index in [0.717, 1.165) is 56.8 Å². The zero-order chi connectivity index (χ0) is 16.6. The van der Waals surface area contributed by atoms with Gasteiger partial charge in [0.25, 0.3) is 0 Å². The zero-order valence-corrected chi connectivity index (χ0v) is 14.6. The Labute approximate surface area is 143 Å². The van der Waals surface area contributed by atoms with Crippen molar-refractivity contribution < 1.29 is 17.9 Å². The first-order chi connectivity index (χ1) is 11.6. The topological polar surface area (TPSA) is 59.1 Å². The molecule has 4 rings (SSSR count). The van der Waals surface area contributed by atoms with Gasteiger partial charge in [-0.1, -0.05) is 18.9 Å². The normalized spacial score (nSPS) is 23.0. The molecule has 1 aromatic carbocycles. The summed E-state index contributed by atoms with van der Waals surface area (Å²) in [6.07, 6.45) is 3.77. The molecule has 7 heteroatoms. The van der Waals surface area contributed by atoms with Gasteiger partial charge in [-0.05, 0) is 30.5 Å². The van der Waals surface area contributed by atoms with E-state index >= 15 is 0 Å². The molecule has 1 aromatic rings. The van der Waals surface area contributed by atoms with Crippen molar-refractivity contribution >= 4 is 10.0 Å². The summed E-state index contributed by atoms with van der Waals surface area (Å²) in [7, 11) is -3.10. The van der Waals surface area contributed by atoms with E-state index in [0.29, 0.717) is 13.1 Å². The lowest BCUT2D eigenvalue weighted by Crippen LogP contribution is -2.50. The van der Waals surface area contributed by atoms with E-state index in [1.54, 1.807) is 4.31 Å². The SMILES string of the molecule is O=S(=O)(C1CCCC1)N1CCN(Cc2ccc3c(c2)OCO3)CC1. The minimum absolute atomic E-state index is 0.141. The summed E-state index contributed by atoms with van der Waals surface area (Å²) in [6, 6.07) is 6.01. The highest BCUT2D eigenvalue weighted by Gasteiger charge is 2.35. The molecule has 1 saturated carbocycles. The summed E-state index contributed by atoms with van der Waals surface area (Å²) in [4.78, 5) is 2.30. The van der Waals surface area contributed by atoms with Gasteiger partial charge >= 0.3 is 0 Å². The van der Waals surface area contributed by atoms with E-state index in [2.05, 4.69) is 11.0 Å². The van der Waals surface area contributed by atoms with Gasteiger partial charge < -0.3 is 9.47 Å². The third-order valence-corrected chi connectivity index (χ3v) is 7.66. The molecule has 0 bridgehead atoms. The molecule has 6 nitrogen and oxygen atoms in total. The van der Waals surface area contributed by atoms with Crippen molar-refractivity contribution in [3.8, 4) is 11.5 Å². The molecule has 132 valence electrons. The third-order valence-electron chi connectivity index (χ3n) is 5.26. The summed E-state index contributed by atoms with van der Waals surface area (Å²) in [5.41, 5.74) is 1.17. The molecule has 2 fully saturated rings. The Bertz CT molecular complexity index is 693. The quantitative estimate of drug-likeness (QED) is 0.827. The van der Waals surface area contributed by atoms with Crippen molar-refractivity contribution in [2.45, 2.75) is 37.5 Å². The van der Waals surface area contributed by atoms with Crippen molar-refractivity contribution in [1.29, 1.82) is 0 Å². The van der Waals surface area contributed by atoms with Crippen LogP contribution >= 0.6 is 0 Å². The Kier molecular flexibility index (Phi) is 4.40. The predicted molar refractivity (Wildman–Crippen MR) is 90.6 cm³/mol. The lowest BCUT2D eigenvalue weighted by Gasteiger charge is -2.35. The zero-order valence-electron chi connectivity index (χ0n) is 13.8. The van der Waals surface area contributed by atoms with Crippen LogP contribution in [0.25, 0.3) is 0 Å². The highest BCUT2D eigenvalue weighted by atomic mass is 32.2. The molecule has 1 aliphatic carbocycles. The first kappa shape index (κ1) is 16.2. The maximum atomic E-state index is 12.7. The molecule has 3 aliphatic rings. The Balaban J connectivity index is 1.34. The van der Waals surface area contributed by atoms with E-state index in [4.69, 9.17) is 9.47 Å². The van der Waals surface area contributed by atoms with Crippen molar-refractivity contribution in [2.75, 3.05) is 33.0 Å². The van der Waals surface area contributed by atoms with Crippen LogP contribution in [0.4, 0.5) is 0 Å². The molecule has 24 heavy (non-hydrogen) atoms. The fraction of sp³-hybridized carbons (Fsp3) is 0.647. The molecule has 0 unspecified atom stereocenters. The molecule has 1 saturated heterocycles. The summed E-state index contributed by atoms with van der Waals surface area (Å²) >= 11 is 0. The van der Waals surface area contributed by atoms with Gasteiger partial charge in [-0.15, -0.1) is 0 Å². The first-order valence-electron chi connectivity index (χ1n) is 8.73. The number of nitrogens with zero attached hydrogens (tertiary/aromatic N) is 2. The average molecular weight is 352 g/mol. The summed E-state index contributed by atoms with van der Waals surface area (Å²) in [5, 5.41) is -0.141. The van der Waals surface area contributed by atoms with Gasteiger partial charge in [0.15, 0.2) is 11.5 Å². The number of rotatable bonds is 4. The van der Waals surface area contributed by atoms with Crippen LogP contribution in [-0.2, 0) is 16.6 Å². The third kappa shape index (κ3) is 3.12. The van der Waals surface area contributed by atoms with Crippen molar-refractivity contribution in [2.24, 2.45) is 0 Å². The van der Waals surface area contributed by atoms with Gasteiger partial charge in [0.1, 0.15) is 0 Å². The monoisotopic (exact) mass is 352 g/mol. The molecule has 0 atom stereocenters. The summed E-state index contributed by atoms with van der Waals surface area (Å²) in [6.45, 7) is 3.86. The molecular formula is C17H24N2O4S. The fourth-order valence-corrected chi connectivity index (χ4v) is 5.86. The van der Waals surface area contributed by atoms with Gasteiger partial charge in [-0.25, -0.2) is 8.42 Å². The Morgan fingerprint density at radius 2 is 1.71 bits per heavy atom. The number of benzene rings is 1. The number of fused-ring (bicyclic) bond motifs is 1. The van der Waals surface area contributed by atoms with E-state index in [1.165, 1.54) is 5.56 Å². The van der Waals surface area contributed by atoms with Crippen LogP contribution in [-0.4, -0.2) is 55.8 Å². The Morgan fingerprint density at radius 3 is 2.46 bits per heavy atom. The smallest absolute Gasteiger partial charge is 0.231 e. The average Bonchev–Trinajstić information content (AvgIpc) is 3.27. The standard InChI is InChI=1S/C17H24N2O4S/c20-24(21,15-3-1-2-4-15)19-9-7-18(8-10-19)12-14-5-6-16-17(11-14)23-13-22-16/h5-6,11,15H,1-4,7-10,12-13H2. The molecular weight excluding hydrogens is 328 g/mol. The van der Waals surface area contributed by atoms with Crippen LogP contribution in [0.1, 0.15) is 31.2 Å². The molecule has 0 spiro atoms. The van der Waals surface area contributed by atoms with Crippen LogP contribution in [0.3, 0.4) is 0 Å². The van der Waals surface area contributed by atoms with E-state index < -0.39 is 10.0 Å². The number of hydrogen-bond donors (Lipinski definition) is 0. The van der Waals surface area contributed by atoms with Gasteiger partial charge in [0.2, 0.25) is 16.8 Å². The van der Waals surface area contributed by atoms with Crippen LogP contribution in [0.15, 0.2) is 18.2 Å². The van der Waals surface area contributed by atoms with Crippen LogP contribution < -0.4 is 9.47 Å². The lowest BCUT2D eigenvalue weighted by atomic mass is 10.2. The molecule has 0 amide bonds. The molecule has 2 aliphatic heterocycles. The number of sulfonamides is 1. The second-order valence-corrected chi connectivity index (χ2v) is 9.03. The van der Waals surface area contributed by atoms with E-state index in [9.17, 15) is 8.42 Å². The second kappa shape index (κ2) is 6.54. The Hall–Kier alpha value is -1.31. The van der Waals surface area contributed by atoms with E-state index in [1.807, 2.05) is 12.1 Å². The molecule has 2 heterocycles. The van der Waals surface area contributed by atoms with Crippen LogP contribution in [0, 0.1) is 0 Å². The van der Waals surface area contributed by atoms with Gasteiger partial charge in [-0.2, -0.15) is 4.31 Å². The van der Waals surface area contributed by atoms with E-state index in [-0.39, 0.29) is 12.0 Å². The fourth-order valence-electron chi connectivity index (χ4n) is 3.84.